The van der Waals surface area contributed by atoms with Crippen LogP contribution in [0.1, 0.15) is 32.1 Å². The fourth-order valence-electron chi connectivity index (χ4n) is 1.55. The molecule has 4 heteroatoms. The van der Waals surface area contributed by atoms with Crippen molar-refractivity contribution in [3.05, 3.63) is 0 Å². The van der Waals surface area contributed by atoms with Crippen molar-refractivity contribution in [1.82, 2.24) is 0 Å². The monoisotopic (exact) mass is 186 g/mol. The molecule has 0 aliphatic heterocycles. The van der Waals surface area contributed by atoms with Gasteiger partial charge < -0.3 is 10.2 Å². The van der Waals surface area contributed by atoms with Gasteiger partial charge in [0.1, 0.15) is 0 Å². The van der Waals surface area contributed by atoms with Crippen LogP contribution in [0.5, 0.6) is 0 Å². The lowest BCUT2D eigenvalue weighted by Crippen LogP contribution is -1.99. The highest BCUT2D eigenvalue weighted by Gasteiger charge is 2.42. The molecule has 0 aromatic rings. The lowest BCUT2D eigenvalue weighted by atomic mass is 10.1. The summed E-state index contributed by atoms with van der Waals surface area (Å²) in [4.78, 5) is 20.6. The van der Waals surface area contributed by atoms with Crippen molar-refractivity contribution in [2.24, 2.45) is 11.8 Å². The van der Waals surface area contributed by atoms with Gasteiger partial charge in [0.2, 0.25) is 0 Å². The maximum Gasteiger partial charge on any atom is 0.306 e. The molecule has 4 nitrogen and oxygen atoms in total. The number of hydrogen-bond donors (Lipinski definition) is 2. The van der Waals surface area contributed by atoms with Gasteiger partial charge in [-0.15, -0.1) is 0 Å². The van der Waals surface area contributed by atoms with Gasteiger partial charge in [-0.3, -0.25) is 9.59 Å². The van der Waals surface area contributed by atoms with Gasteiger partial charge >= 0.3 is 11.9 Å². The first-order valence-electron chi connectivity index (χ1n) is 4.56. The molecule has 2 atom stereocenters. The van der Waals surface area contributed by atoms with Gasteiger partial charge in [0.15, 0.2) is 0 Å². The van der Waals surface area contributed by atoms with E-state index in [2.05, 4.69) is 0 Å². The van der Waals surface area contributed by atoms with Crippen LogP contribution in [0.3, 0.4) is 0 Å². The van der Waals surface area contributed by atoms with Gasteiger partial charge in [0.05, 0.1) is 5.92 Å². The molecule has 2 unspecified atom stereocenters. The minimum absolute atomic E-state index is 0.148. The molecular formula is C9H14O4. The van der Waals surface area contributed by atoms with Gasteiger partial charge in [-0.2, -0.15) is 0 Å². The number of unbranched alkanes of at least 4 members (excludes halogenated alkanes) is 1. The zero-order chi connectivity index (χ0) is 9.84. The van der Waals surface area contributed by atoms with Crippen molar-refractivity contribution < 1.29 is 19.8 Å². The molecule has 0 amide bonds. The Hall–Kier alpha value is -1.06. The third kappa shape index (κ3) is 3.44. The second-order valence-corrected chi connectivity index (χ2v) is 3.58. The summed E-state index contributed by atoms with van der Waals surface area (Å²) in [5.41, 5.74) is 0. The second kappa shape index (κ2) is 4.25. The summed E-state index contributed by atoms with van der Waals surface area (Å²) < 4.78 is 0. The zero-order valence-corrected chi connectivity index (χ0v) is 7.40. The molecule has 0 aromatic carbocycles. The van der Waals surface area contributed by atoms with Crippen molar-refractivity contribution in [3.63, 3.8) is 0 Å². The highest BCUT2D eigenvalue weighted by molar-refractivity contribution is 5.73. The van der Waals surface area contributed by atoms with Crippen molar-refractivity contribution in [1.29, 1.82) is 0 Å². The lowest BCUT2D eigenvalue weighted by molar-refractivity contribution is -0.139. The van der Waals surface area contributed by atoms with E-state index >= 15 is 0 Å². The smallest absolute Gasteiger partial charge is 0.306 e. The molecule has 74 valence electrons. The van der Waals surface area contributed by atoms with Crippen LogP contribution in [0.15, 0.2) is 0 Å². The topological polar surface area (TPSA) is 74.6 Å². The van der Waals surface area contributed by atoms with Crippen LogP contribution in [-0.2, 0) is 9.59 Å². The normalized spacial score (nSPS) is 25.5. The van der Waals surface area contributed by atoms with Crippen LogP contribution in [0.25, 0.3) is 0 Å². The molecule has 1 aliphatic carbocycles. The average Bonchev–Trinajstić information content (AvgIpc) is 2.76. The second-order valence-electron chi connectivity index (χ2n) is 3.58. The Labute approximate surface area is 76.6 Å². The van der Waals surface area contributed by atoms with E-state index in [1.165, 1.54) is 0 Å². The van der Waals surface area contributed by atoms with Crippen molar-refractivity contribution in [3.8, 4) is 0 Å². The molecule has 0 bridgehead atoms. The van der Waals surface area contributed by atoms with Crippen molar-refractivity contribution in [2.75, 3.05) is 0 Å². The molecule has 0 saturated heterocycles. The molecule has 0 heterocycles. The Bertz CT molecular complexity index is 212. The standard InChI is InChI=1S/C9H14O4/c10-8(11)4-2-1-3-6-5-7(6)9(12)13/h6-7H,1-5H2,(H,10,11)(H,12,13). The predicted octanol–water partition coefficient (Wildman–Crippen LogP) is 1.35. The maximum atomic E-state index is 10.4. The van der Waals surface area contributed by atoms with Gasteiger partial charge in [0.25, 0.3) is 0 Å². The van der Waals surface area contributed by atoms with Gasteiger partial charge in [-0.05, 0) is 25.2 Å². The van der Waals surface area contributed by atoms with Crippen LogP contribution in [0.2, 0.25) is 0 Å². The average molecular weight is 186 g/mol. The van der Waals surface area contributed by atoms with Crippen LogP contribution in [0.4, 0.5) is 0 Å². The van der Waals surface area contributed by atoms with Crippen LogP contribution >= 0.6 is 0 Å². The van der Waals surface area contributed by atoms with E-state index in [0.717, 1.165) is 19.3 Å². The molecule has 13 heavy (non-hydrogen) atoms. The number of carboxylic acids is 2. The third-order valence-corrected chi connectivity index (χ3v) is 2.46. The number of carboxylic acid groups (broad SMARTS) is 2. The summed E-state index contributed by atoms with van der Waals surface area (Å²) in [6.45, 7) is 0. The number of carbonyl (C=O) groups is 2. The van der Waals surface area contributed by atoms with Crippen molar-refractivity contribution in [2.45, 2.75) is 32.1 Å². The summed E-state index contributed by atoms with van der Waals surface area (Å²) >= 11 is 0. The van der Waals surface area contributed by atoms with E-state index in [1.807, 2.05) is 0 Å². The van der Waals surface area contributed by atoms with Crippen LogP contribution in [0, 0.1) is 11.8 Å². The minimum Gasteiger partial charge on any atom is -0.481 e. The number of aliphatic carboxylic acids is 2. The molecule has 1 rings (SSSR count). The summed E-state index contributed by atoms with van der Waals surface area (Å²) in [6.07, 6.45) is 3.34. The molecule has 0 aromatic heterocycles. The lowest BCUT2D eigenvalue weighted by Gasteiger charge is -1.96. The fraction of sp³-hybridized carbons (Fsp3) is 0.778. The minimum atomic E-state index is -0.773. The number of hydrogen-bond acceptors (Lipinski definition) is 2. The van der Waals surface area contributed by atoms with E-state index < -0.39 is 11.9 Å². The molecule has 2 N–H and O–H groups in total. The molecule has 1 fully saturated rings. The van der Waals surface area contributed by atoms with E-state index in [1.54, 1.807) is 0 Å². The summed E-state index contributed by atoms with van der Waals surface area (Å²) in [7, 11) is 0. The van der Waals surface area contributed by atoms with Crippen LogP contribution in [-0.4, -0.2) is 22.2 Å². The molecule has 0 radical (unpaired) electrons. The Balaban J connectivity index is 1.97. The molecule has 0 spiro atoms. The Morgan fingerprint density at radius 3 is 2.38 bits per heavy atom. The van der Waals surface area contributed by atoms with Gasteiger partial charge in [-0.1, -0.05) is 6.42 Å². The largest absolute Gasteiger partial charge is 0.481 e. The predicted molar refractivity (Wildman–Crippen MR) is 45.3 cm³/mol. The highest BCUT2D eigenvalue weighted by atomic mass is 16.4. The van der Waals surface area contributed by atoms with Crippen molar-refractivity contribution >= 4 is 11.9 Å². The zero-order valence-electron chi connectivity index (χ0n) is 7.40. The SMILES string of the molecule is O=C(O)CCCCC1CC1C(=O)O. The Morgan fingerprint density at radius 1 is 1.23 bits per heavy atom. The molecule has 1 saturated carbocycles. The quantitative estimate of drug-likeness (QED) is 0.614. The fourth-order valence-corrected chi connectivity index (χ4v) is 1.55. The number of rotatable bonds is 6. The third-order valence-electron chi connectivity index (χ3n) is 2.46. The summed E-state index contributed by atoms with van der Waals surface area (Å²) in [6, 6.07) is 0. The van der Waals surface area contributed by atoms with Crippen LogP contribution < -0.4 is 0 Å². The van der Waals surface area contributed by atoms with E-state index in [-0.39, 0.29) is 12.3 Å². The van der Waals surface area contributed by atoms with Gasteiger partial charge in [-0.25, -0.2) is 0 Å². The first kappa shape index (κ1) is 10.0. The Kier molecular flexibility index (Phi) is 3.28. The first-order valence-corrected chi connectivity index (χ1v) is 4.56. The highest BCUT2D eigenvalue weighted by Crippen LogP contribution is 2.42. The summed E-state index contributed by atoms with van der Waals surface area (Å²) in [5, 5.41) is 16.9. The summed E-state index contributed by atoms with van der Waals surface area (Å²) in [5.74, 6) is -1.31. The Morgan fingerprint density at radius 2 is 1.92 bits per heavy atom. The van der Waals surface area contributed by atoms with E-state index in [9.17, 15) is 9.59 Å². The van der Waals surface area contributed by atoms with E-state index in [4.69, 9.17) is 10.2 Å². The molecular weight excluding hydrogens is 172 g/mol. The van der Waals surface area contributed by atoms with Gasteiger partial charge in [0, 0.05) is 6.42 Å². The first-order chi connectivity index (χ1) is 6.11. The maximum absolute atomic E-state index is 10.4. The van der Waals surface area contributed by atoms with E-state index in [0.29, 0.717) is 12.3 Å². The molecule has 1 aliphatic rings.